The molecule has 0 unspecified atom stereocenters. The first-order valence-corrected chi connectivity index (χ1v) is 8.72. The third-order valence-corrected chi connectivity index (χ3v) is 4.21. The number of aromatic amines is 1. The van der Waals surface area contributed by atoms with Gasteiger partial charge in [0, 0.05) is 5.56 Å². The summed E-state index contributed by atoms with van der Waals surface area (Å²) in [7, 11) is 0. The number of aryl methyl sites for hydroxylation is 1. The summed E-state index contributed by atoms with van der Waals surface area (Å²) in [6, 6.07) is 23.0. The van der Waals surface area contributed by atoms with Crippen LogP contribution >= 0.6 is 0 Å². The first-order chi connectivity index (χ1) is 13.2. The Morgan fingerprint density at radius 3 is 2.70 bits per heavy atom. The Bertz CT molecular complexity index is 1070. The molecule has 1 heterocycles. The van der Waals surface area contributed by atoms with E-state index in [2.05, 4.69) is 15.3 Å². The van der Waals surface area contributed by atoms with Crippen molar-refractivity contribution in [1.82, 2.24) is 9.97 Å². The second-order valence-electron chi connectivity index (χ2n) is 6.30. The predicted octanol–water partition coefficient (Wildman–Crippen LogP) is 4.56. The lowest BCUT2D eigenvalue weighted by atomic mass is 10.1. The minimum absolute atomic E-state index is 0.0576. The topological polar surface area (TPSA) is 67.0 Å². The number of H-pyrrole nitrogens is 1. The maximum absolute atomic E-state index is 12.4. The Balaban J connectivity index is 1.51. The molecule has 0 atom stereocenters. The Kier molecular flexibility index (Phi) is 4.58. The van der Waals surface area contributed by atoms with E-state index in [1.54, 1.807) is 0 Å². The lowest BCUT2D eigenvalue weighted by Crippen LogP contribution is -2.20. The molecule has 5 nitrogen and oxygen atoms in total. The minimum atomic E-state index is -0.222. The number of amides is 1. The van der Waals surface area contributed by atoms with E-state index in [0.29, 0.717) is 17.3 Å². The number of para-hydroxylation sites is 3. The van der Waals surface area contributed by atoms with Gasteiger partial charge in [-0.2, -0.15) is 0 Å². The van der Waals surface area contributed by atoms with Crippen LogP contribution in [0.5, 0.6) is 5.75 Å². The highest BCUT2D eigenvalue weighted by atomic mass is 16.5. The average molecular weight is 357 g/mol. The fraction of sp³-hybridized carbons (Fsp3) is 0.0909. The highest BCUT2D eigenvalue weighted by molar-refractivity contribution is 5.96. The van der Waals surface area contributed by atoms with Crippen LogP contribution in [0.15, 0.2) is 72.8 Å². The Morgan fingerprint density at radius 2 is 1.85 bits per heavy atom. The highest BCUT2D eigenvalue weighted by Gasteiger charge is 2.12. The van der Waals surface area contributed by atoms with Gasteiger partial charge in [0.05, 0.1) is 16.7 Å². The first-order valence-electron chi connectivity index (χ1n) is 8.72. The molecule has 134 valence electrons. The number of hydrogen-bond acceptors (Lipinski definition) is 3. The van der Waals surface area contributed by atoms with Crippen molar-refractivity contribution in [2.24, 2.45) is 0 Å². The molecule has 0 saturated heterocycles. The number of imidazole rings is 1. The van der Waals surface area contributed by atoms with E-state index in [-0.39, 0.29) is 12.5 Å². The van der Waals surface area contributed by atoms with Crippen LogP contribution in [0.1, 0.15) is 5.56 Å². The summed E-state index contributed by atoms with van der Waals surface area (Å²) in [6.45, 7) is 1.93. The monoisotopic (exact) mass is 357 g/mol. The summed E-state index contributed by atoms with van der Waals surface area (Å²) < 4.78 is 5.58. The lowest BCUT2D eigenvalue weighted by Gasteiger charge is -2.10. The molecular formula is C22H19N3O2. The molecule has 5 heteroatoms. The molecule has 0 fully saturated rings. The minimum Gasteiger partial charge on any atom is -0.484 e. The van der Waals surface area contributed by atoms with Gasteiger partial charge in [0.2, 0.25) is 0 Å². The zero-order valence-electron chi connectivity index (χ0n) is 14.9. The largest absolute Gasteiger partial charge is 0.484 e. The summed E-state index contributed by atoms with van der Waals surface area (Å²) in [5.41, 5.74) is 4.45. The number of anilines is 1. The molecule has 0 aliphatic carbocycles. The lowest BCUT2D eigenvalue weighted by molar-refractivity contribution is -0.118. The number of carbonyl (C=O) groups is 1. The Labute approximate surface area is 157 Å². The van der Waals surface area contributed by atoms with E-state index in [0.717, 1.165) is 22.2 Å². The number of rotatable bonds is 5. The molecule has 4 rings (SSSR count). The van der Waals surface area contributed by atoms with Crippen molar-refractivity contribution in [3.63, 3.8) is 0 Å². The van der Waals surface area contributed by atoms with E-state index in [9.17, 15) is 4.79 Å². The summed E-state index contributed by atoms with van der Waals surface area (Å²) >= 11 is 0. The molecule has 27 heavy (non-hydrogen) atoms. The van der Waals surface area contributed by atoms with E-state index in [4.69, 9.17) is 4.74 Å². The molecule has 2 N–H and O–H groups in total. The number of hydrogen-bond donors (Lipinski definition) is 2. The first kappa shape index (κ1) is 16.8. The highest BCUT2D eigenvalue weighted by Crippen LogP contribution is 2.27. The summed E-state index contributed by atoms with van der Waals surface area (Å²) in [5, 5.41) is 2.91. The van der Waals surface area contributed by atoms with Crippen LogP contribution in [0.2, 0.25) is 0 Å². The van der Waals surface area contributed by atoms with E-state index >= 15 is 0 Å². The molecular weight excluding hydrogens is 338 g/mol. The van der Waals surface area contributed by atoms with Crippen LogP contribution in [-0.2, 0) is 4.79 Å². The number of carbonyl (C=O) groups excluding carboxylic acids is 1. The van der Waals surface area contributed by atoms with Gasteiger partial charge >= 0.3 is 0 Å². The van der Waals surface area contributed by atoms with Crippen LogP contribution < -0.4 is 10.1 Å². The second-order valence-corrected chi connectivity index (χ2v) is 6.30. The maximum Gasteiger partial charge on any atom is 0.262 e. The third-order valence-electron chi connectivity index (χ3n) is 4.21. The number of nitrogens with zero attached hydrogens (tertiary/aromatic N) is 1. The van der Waals surface area contributed by atoms with Gasteiger partial charge in [-0.15, -0.1) is 0 Å². The molecule has 1 amide bonds. The van der Waals surface area contributed by atoms with Crippen LogP contribution in [0, 0.1) is 6.92 Å². The number of benzene rings is 3. The predicted molar refractivity (Wildman–Crippen MR) is 107 cm³/mol. The molecule has 3 aromatic carbocycles. The van der Waals surface area contributed by atoms with Crippen LogP contribution in [-0.4, -0.2) is 22.5 Å². The molecule has 0 saturated carbocycles. The van der Waals surface area contributed by atoms with Crippen molar-refractivity contribution >= 4 is 22.6 Å². The van der Waals surface area contributed by atoms with Gasteiger partial charge in [0.25, 0.3) is 5.91 Å². The molecule has 0 radical (unpaired) electrons. The summed E-state index contributed by atoms with van der Waals surface area (Å²) in [6.07, 6.45) is 0. The zero-order valence-corrected chi connectivity index (χ0v) is 14.9. The SMILES string of the molecule is Cc1cccc(OCC(=O)Nc2ccccc2-c2nc3ccccc3[nH]2)c1. The zero-order chi connectivity index (χ0) is 18.6. The normalized spacial score (nSPS) is 10.7. The van der Waals surface area contributed by atoms with Gasteiger partial charge in [-0.3, -0.25) is 4.79 Å². The molecule has 0 bridgehead atoms. The number of aromatic nitrogens is 2. The van der Waals surface area contributed by atoms with Crippen LogP contribution in [0.4, 0.5) is 5.69 Å². The fourth-order valence-corrected chi connectivity index (χ4v) is 2.92. The van der Waals surface area contributed by atoms with E-state index in [1.807, 2.05) is 79.7 Å². The third kappa shape index (κ3) is 3.82. The number of nitrogens with one attached hydrogen (secondary N) is 2. The van der Waals surface area contributed by atoms with Crippen LogP contribution in [0.25, 0.3) is 22.4 Å². The van der Waals surface area contributed by atoms with Crippen molar-refractivity contribution in [1.29, 1.82) is 0 Å². The number of fused-ring (bicyclic) bond motifs is 1. The van der Waals surface area contributed by atoms with Crippen molar-refractivity contribution in [2.45, 2.75) is 6.92 Å². The van der Waals surface area contributed by atoms with Gasteiger partial charge in [-0.1, -0.05) is 36.4 Å². The van der Waals surface area contributed by atoms with Crippen molar-refractivity contribution in [3.05, 3.63) is 78.4 Å². The quantitative estimate of drug-likeness (QED) is 0.550. The number of ether oxygens (including phenoxy) is 1. The molecule has 0 aliphatic rings. The Morgan fingerprint density at radius 1 is 1.04 bits per heavy atom. The van der Waals surface area contributed by atoms with Crippen molar-refractivity contribution < 1.29 is 9.53 Å². The van der Waals surface area contributed by atoms with Crippen molar-refractivity contribution in [2.75, 3.05) is 11.9 Å². The van der Waals surface area contributed by atoms with Crippen LogP contribution in [0.3, 0.4) is 0 Å². The van der Waals surface area contributed by atoms with Gasteiger partial charge in [-0.25, -0.2) is 4.98 Å². The van der Waals surface area contributed by atoms with Gasteiger partial charge in [0.1, 0.15) is 11.6 Å². The van der Waals surface area contributed by atoms with Gasteiger partial charge in [-0.05, 0) is 48.9 Å². The standard InChI is InChI=1S/C22H19N3O2/c1-15-7-6-8-16(13-15)27-14-21(26)23-18-10-3-2-9-17(18)22-24-19-11-4-5-12-20(19)25-22/h2-13H,14H2,1H3,(H,23,26)(H,24,25). The van der Waals surface area contributed by atoms with Gasteiger partial charge < -0.3 is 15.0 Å². The smallest absolute Gasteiger partial charge is 0.262 e. The fourth-order valence-electron chi connectivity index (χ4n) is 2.92. The summed E-state index contributed by atoms with van der Waals surface area (Å²) in [4.78, 5) is 20.3. The van der Waals surface area contributed by atoms with Crippen molar-refractivity contribution in [3.8, 4) is 17.1 Å². The second kappa shape index (κ2) is 7.33. The molecule has 0 aliphatic heterocycles. The maximum atomic E-state index is 12.4. The van der Waals surface area contributed by atoms with Gasteiger partial charge in [0.15, 0.2) is 6.61 Å². The molecule has 1 aromatic heterocycles. The average Bonchev–Trinajstić information content (AvgIpc) is 3.11. The summed E-state index contributed by atoms with van der Waals surface area (Å²) in [5.74, 6) is 1.17. The molecule has 4 aromatic rings. The Hall–Kier alpha value is -3.60. The molecule has 0 spiro atoms. The van der Waals surface area contributed by atoms with E-state index < -0.39 is 0 Å². The van der Waals surface area contributed by atoms with E-state index in [1.165, 1.54) is 0 Å².